The maximum atomic E-state index is 11.9. The molecule has 0 aliphatic carbocycles. The third kappa shape index (κ3) is 2.23. The van der Waals surface area contributed by atoms with Crippen molar-refractivity contribution in [3.63, 3.8) is 0 Å². The van der Waals surface area contributed by atoms with Crippen LogP contribution < -0.4 is 10.6 Å². The van der Waals surface area contributed by atoms with E-state index in [1.54, 1.807) is 0 Å². The highest BCUT2D eigenvalue weighted by Crippen LogP contribution is 2.32. The quantitative estimate of drug-likeness (QED) is 0.797. The molecule has 6 nitrogen and oxygen atoms in total. The molecule has 1 aliphatic rings. The Hall–Kier alpha value is -3.07. The van der Waals surface area contributed by atoms with Crippen LogP contribution in [0.4, 0.5) is 5.82 Å². The number of benzene rings is 1. The average molecular weight is 333 g/mol. The minimum atomic E-state index is -0.318. The molecule has 6 heteroatoms. The molecule has 2 N–H and O–H groups in total. The normalized spacial score (nSPS) is 17.3. The van der Waals surface area contributed by atoms with E-state index in [1.807, 2.05) is 41.7 Å². The highest BCUT2D eigenvalue weighted by molar-refractivity contribution is 5.88. The second kappa shape index (κ2) is 5.78. The third-order valence-electron chi connectivity index (χ3n) is 5.01. The summed E-state index contributed by atoms with van der Waals surface area (Å²) >= 11 is 0. The first kappa shape index (κ1) is 15.5. The van der Waals surface area contributed by atoms with Crippen LogP contribution in [-0.2, 0) is 11.2 Å². The zero-order chi connectivity index (χ0) is 17.6. The highest BCUT2D eigenvalue weighted by atomic mass is 16.1. The Morgan fingerprint density at radius 2 is 2.24 bits per heavy atom. The lowest BCUT2D eigenvalue weighted by atomic mass is 10.1. The molecule has 1 saturated heterocycles. The van der Waals surface area contributed by atoms with Crippen molar-refractivity contribution in [1.82, 2.24) is 9.38 Å². The van der Waals surface area contributed by atoms with E-state index in [0.717, 1.165) is 48.2 Å². The fourth-order valence-corrected chi connectivity index (χ4v) is 3.81. The van der Waals surface area contributed by atoms with Gasteiger partial charge < -0.3 is 10.6 Å². The van der Waals surface area contributed by atoms with Gasteiger partial charge in [-0.3, -0.25) is 9.20 Å². The van der Waals surface area contributed by atoms with E-state index in [9.17, 15) is 10.1 Å². The summed E-state index contributed by atoms with van der Waals surface area (Å²) in [5, 5.41) is 9.68. The van der Waals surface area contributed by atoms with Gasteiger partial charge in [0, 0.05) is 6.54 Å². The Balaban J connectivity index is 2.10. The van der Waals surface area contributed by atoms with Crippen LogP contribution in [0.5, 0.6) is 0 Å². The van der Waals surface area contributed by atoms with E-state index >= 15 is 0 Å². The van der Waals surface area contributed by atoms with Gasteiger partial charge in [0.05, 0.1) is 16.6 Å². The van der Waals surface area contributed by atoms with Crippen LogP contribution in [0, 0.1) is 11.3 Å². The molecule has 1 atom stereocenters. The zero-order valence-electron chi connectivity index (χ0n) is 14.1. The van der Waals surface area contributed by atoms with Crippen LogP contribution in [0.25, 0.3) is 16.7 Å². The molecule has 0 bridgehead atoms. The second-order valence-corrected chi connectivity index (χ2v) is 6.38. The van der Waals surface area contributed by atoms with E-state index in [-0.39, 0.29) is 11.9 Å². The molecular formula is C19H19N5O. The van der Waals surface area contributed by atoms with E-state index in [2.05, 4.69) is 11.0 Å². The summed E-state index contributed by atoms with van der Waals surface area (Å²) in [6.07, 6.45) is 2.40. The van der Waals surface area contributed by atoms with Gasteiger partial charge in [0.2, 0.25) is 5.91 Å². The first-order valence-corrected chi connectivity index (χ1v) is 8.54. The molecule has 3 aromatic rings. The third-order valence-corrected chi connectivity index (χ3v) is 5.01. The fourth-order valence-electron chi connectivity index (χ4n) is 3.81. The first-order chi connectivity index (χ1) is 12.2. The molecule has 0 unspecified atom stereocenters. The number of anilines is 1. The van der Waals surface area contributed by atoms with E-state index in [0.29, 0.717) is 11.2 Å². The van der Waals surface area contributed by atoms with Crippen molar-refractivity contribution < 1.29 is 4.79 Å². The molecule has 3 heterocycles. The summed E-state index contributed by atoms with van der Waals surface area (Å²) in [5.74, 6) is 0.582. The number of rotatable bonds is 3. The summed E-state index contributed by atoms with van der Waals surface area (Å²) < 4.78 is 1.99. The van der Waals surface area contributed by atoms with Gasteiger partial charge in [-0.25, -0.2) is 4.98 Å². The number of nitrogens with two attached hydrogens (primary N) is 1. The number of pyridine rings is 1. The van der Waals surface area contributed by atoms with Crippen molar-refractivity contribution in [2.75, 3.05) is 11.4 Å². The number of fused-ring (bicyclic) bond motifs is 3. The zero-order valence-corrected chi connectivity index (χ0v) is 14.1. The van der Waals surface area contributed by atoms with Crippen molar-refractivity contribution in [2.45, 2.75) is 32.2 Å². The first-order valence-electron chi connectivity index (χ1n) is 8.54. The van der Waals surface area contributed by atoms with Crippen LogP contribution >= 0.6 is 0 Å². The Bertz CT molecular complexity index is 1030. The molecule has 4 rings (SSSR count). The molecule has 25 heavy (non-hydrogen) atoms. The molecule has 1 aromatic carbocycles. The summed E-state index contributed by atoms with van der Waals surface area (Å²) in [4.78, 5) is 18.7. The lowest BCUT2D eigenvalue weighted by Gasteiger charge is -2.26. The number of nitrogens with zero attached hydrogens (tertiary/aromatic N) is 4. The molecule has 126 valence electrons. The number of aryl methyl sites for hydroxylation is 1. The van der Waals surface area contributed by atoms with E-state index in [1.165, 1.54) is 0 Å². The molecule has 0 spiro atoms. The monoisotopic (exact) mass is 333 g/mol. The summed E-state index contributed by atoms with van der Waals surface area (Å²) in [6.45, 7) is 2.79. The van der Waals surface area contributed by atoms with Crippen LogP contribution in [0.15, 0.2) is 30.3 Å². The van der Waals surface area contributed by atoms with E-state index < -0.39 is 0 Å². The number of para-hydroxylation sites is 2. The van der Waals surface area contributed by atoms with Crippen molar-refractivity contribution in [2.24, 2.45) is 5.73 Å². The lowest BCUT2D eigenvalue weighted by Crippen LogP contribution is -2.41. The Kier molecular flexibility index (Phi) is 3.57. The lowest BCUT2D eigenvalue weighted by molar-refractivity contribution is -0.119. The molecule has 1 fully saturated rings. The van der Waals surface area contributed by atoms with Crippen LogP contribution in [-0.4, -0.2) is 27.9 Å². The summed E-state index contributed by atoms with van der Waals surface area (Å²) in [6, 6.07) is 11.8. The van der Waals surface area contributed by atoms with Gasteiger partial charge in [-0.05, 0) is 43.0 Å². The Morgan fingerprint density at radius 3 is 2.96 bits per heavy atom. The van der Waals surface area contributed by atoms with Crippen LogP contribution in [0.1, 0.15) is 30.9 Å². The predicted octanol–water partition coefficient (Wildman–Crippen LogP) is 2.38. The highest BCUT2D eigenvalue weighted by Gasteiger charge is 2.32. The largest absolute Gasteiger partial charge is 0.368 e. The van der Waals surface area contributed by atoms with Crippen molar-refractivity contribution in [1.29, 1.82) is 5.26 Å². The van der Waals surface area contributed by atoms with Gasteiger partial charge in [0.1, 0.15) is 17.9 Å². The number of nitriles is 1. The minimum Gasteiger partial charge on any atom is -0.368 e. The number of amides is 1. The Morgan fingerprint density at radius 1 is 1.44 bits per heavy atom. The number of primary amides is 1. The van der Waals surface area contributed by atoms with E-state index in [4.69, 9.17) is 10.7 Å². The van der Waals surface area contributed by atoms with Gasteiger partial charge in [-0.1, -0.05) is 19.1 Å². The number of hydrogen-bond acceptors (Lipinski definition) is 4. The minimum absolute atomic E-state index is 0.308. The molecular weight excluding hydrogens is 314 g/mol. The van der Waals surface area contributed by atoms with Gasteiger partial charge in [-0.2, -0.15) is 5.26 Å². The molecule has 0 radical (unpaired) electrons. The van der Waals surface area contributed by atoms with Crippen molar-refractivity contribution in [3.05, 3.63) is 41.5 Å². The SMILES string of the molecule is CCc1cc(N2CCC[C@H]2C(N)=O)n2c(nc3ccccc32)c1C#N. The summed E-state index contributed by atoms with van der Waals surface area (Å²) in [5.41, 5.74) is 9.58. The number of carbonyl (C=O) groups excluding carboxylic acids is 1. The van der Waals surface area contributed by atoms with Gasteiger partial charge in [0.15, 0.2) is 5.65 Å². The number of carbonyl (C=O) groups is 1. The predicted molar refractivity (Wildman–Crippen MR) is 96.4 cm³/mol. The van der Waals surface area contributed by atoms with Crippen LogP contribution in [0.3, 0.4) is 0 Å². The standard InChI is InChI=1S/C19H19N5O/c1-2-12-10-17(23-9-5-8-16(23)18(21)25)24-15-7-4-3-6-14(15)22-19(24)13(12)11-20/h3-4,6-7,10,16H,2,5,8-9H2,1H3,(H2,21,25)/t16-/m0/s1. The Labute approximate surface area is 145 Å². The maximum Gasteiger partial charge on any atom is 0.240 e. The van der Waals surface area contributed by atoms with Crippen molar-refractivity contribution >= 4 is 28.4 Å². The average Bonchev–Trinajstić information content (AvgIpc) is 3.25. The molecule has 1 amide bonds. The number of imidazole rings is 1. The van der Waals surface area contributed by atoms with Gasteiger partial charge in [0.25, 0.3) is 0 Å². The fraction of sp³-hybridized carbons (Fsp3) is 0.316. The smallest absolute Gasteiger partial charge is 0.240 e. The number of hydrogen-bond donors (Lipinski definition) is 1. The van der Waals surface area contributed by atoms with Gasteiger partial charge in [-0.15, -0.1) is 0 Å². The van der Waals surface area contributed by atoms with Gasteiger partial charge >= 0.3 is 0 Å². The van der Waals surface area contributed by atoms with Crippen molar-refractivity contribution in [3.8, 4) is 6.07 Å². The molecule has 2 aromatic heterocycles. The summed E-state index contributed by atoms with van der Waals surface area (Å²) in [7, 11) is 0. The molecule has 1 aliphatic heterocycles. The topological polar surface area (TPSA) is 87.4 Å². The number of aromatic nitrogens is 2. The van der Waals surface area contributed by atoms with Crippen LogP contribution in [0.2, 0.25) is 0 Å². The molecule has 0 saturated carbocycles. The maximum absolute atomic E-state index is 11.9. The second-order valence-electron chi connectivity index (χ2n) is 6.38.